The molecule has 4 rings (SSSR count). The first kappa shape index (κ1) is 20.2. The summed E-state index contributed by atoms with van der Waals surface area (Å²) < 4.78 is 49.3. The zero-order valence-corrected chi connectivity index (χ0v) is 17.8. The smallest absolute Gasteiger partial charge is 0.179 e. The number of benzene rings is 4. The van der Waals surface area contributed by atoms with Crippen LogP contribution in [-0.2, 0) is 19.7 Å². The Kier molecular flexibility index (Phi) is 4.52. The van der Waals surface area contributed by atoms with E-state index in [0.717, 1.165) is 12.5 Å². The Balaban J connectivity index is 2.33. The van der Waals surface area contributed by atoms with E-state index in [9.17, 15) is 27.0 Å². The summed E-state index contributed by atoms with van der Waals surface area (Å²) in [6.45, 7) is 0. The molecule has 0 saturated heterocycles. The van der Waals surface area contributed by atoms with Crippen LogP contribution in [0.5, 0.6) is 11.5 Å². The van der Waals surface area contributed by atoms with Crippen molar-refractivity contribution in [1.82, 2.24) is 0 Å². The van der Waals surface area contributed by atoms with Crippen LogP contribution in [0.2, 0.25) is 0 Å². The fourth-order valence-corrected chi connectivity index (χ4v) is 5.28. The molecule has 2 N–H and O–H groups in total. The van der Waals surface area contributed by atoms with Crippen molar-refractivity contribution in [2.45, 2.75) is 9.79 Å². The zero-order valence-electron chi connectivity index (χ0n) is 16.1. The first-order valence-electron chi connectivity index (χ1n) is 8.90. The molecule has 0 amide bonds. The minimum absolute atomic E-state index is 0.0627. The SMILES string of the molecule is CS(=O)(=O)c1cc2ccccc2c(-c2c(O)c(S(C)(=O)=O)cc3ccccc23)c1O. The van der Waals surface area contributed by atoms with Gasteiger partial charge in [-0.15, -0.1) is 0 Å². The van der Waals surface area contributed by atoms with Crippen molar-refractivity contribution in [3.8, 4) is 22.6 Å². The lowest BCUT2D eigenvalue weighted by molar-refractivity contribution is 0.454. The highest BCUT2D eigenvalue weighted by Gasteiger charge is 2.27. The molecule has 0 atom stereocenters. The van der Waals surface area contributed by atoms with Crippen molar-refractivity contribution in [1.29, 1.82) is 0 Å². The van der Waals surface area contributed by atoms with E-state index in [2.05, 4.69) is 0 Å². The van der Waals surface area contributed by atoms with E-state index in [0.29, 0.717) is 21.5 Å². The third-order valence-electron chi connectivity index (χ3n) is 5.02. The Morgan fingerprint density at radius 3 is 1.27 bits per heavy atom. The predicted octanol–water partition coefficient (Wildman–Crippen LogP) is 3.88. The minimum atomic E-state index is -3.81. The van der Waals surface area contributed by atoms with Gasteiger partial charge in [-0.3, -0.25) is 0 Å². The van der Waals surface area contributed by atoms with Gasteiger partial charge in [-0.25, -0.2) is 16.8 Å². The summed E-state index contributed by atoms with van der Waals surface area (Å²) in [5.41, 5.74) is 0.125. The van der Waals surface area contributed by atoms with Gasteiger partial charge in [0.25, 0.3) is 0 Å². The lowest BCUT2D eigenvalue weighted by Gasteiger charge is -2.18. The van der Waals surface area contributed by atoms with Crippen LogP contribution in [-0.4, -0.2) is 39.6 Å². The molecule has 0 bridgehead atoms. The van der Waals surface area contributed by atoms with E-state index < -0.39 is 31.2 Å². The van der Waals surface area contributed by atoms with Gasteiger partial charge in [-0.1, -0.05) is 48.5 Å². The van der Waals surface area contributed by atoms with Gasteiger partial charge in [-0.2, -0.15) is 0 Å². The second kappa shape index (κ2) is 6.72. The molecule has 0 fully saturated rings. The molecule has 0 unspecified atom stereocenters. The quantitative estimate of drug-likeness (QED) is 0.498. The summed E-state index contributed by atoms with van der Waals surface area (Å²) in [6.07, 6.45) is 1.96. The van der Waals surface area contributed by atoms with Crippen LogP contribution >= 0.6 is 0 Å². The van der Waals surface area contributed by atoms with Gasteiger partial charge in [0.15, 0.2) is 19.7 Å². The Labute approximate surface area is 173 Å². The van der Waals surface area contributed by atoms with Crippen LogP contribution < -0.4 is 0 Å². The molecule has 0 heterocycles. The van der Waals surface area contributed by atoms with E-state index in [-0.39, 0.29) is 20.9 Å². The highest BCUT2D eigenvalue weighted by Crippen LogP contribution is 2.49. The predicted molar refractivity (Wildman–Crippen MR) is 116 cm³/mol. The fourth-order valence-electron chi connectivity index (χ4n) is 3.69. The average Bonchev–Trinajstić information content (AvgIpc) is 2.66. The third kappa shape index (κ3) is 3.18. The van der Waals surface area contributed by atoms with E-state index in [1.807, 2.05) is 0 Å². The number of aromatic hydroxyl groups is 2. The Bertz CT molecular complexity index is 1430. The Hall–Kier alpha value is -3.10. The van der Waals surface area contributed by atoms with Gasteiger partial charge in [0, 0.05) is 23.6 Å². The maximum absolute atomic E-state index is 12.3. The van der Waals surface area contributed by atoms with Crippen molar-refractivity contribution in [2.24, 2.45) is 0 Å². The lowest BCUT2D eigenvalue weighted by atomic mass is 9.92. The van der Waals surface area contributed by atoms with Crippen LogP contribution in [0.1, 0.15) is 0 Å². The Morgan fingerprint density at radius 1 is 0.600 bits per heavy atom. The van der Waals surface area contributed by atoms with Gasteiger partial charge in [0.05, 0.1) is 0 Å². The normalized spacial score (nSPS) is 12.5. The molecule has 8 heteroatoms. The van der Waals surface area contributed by atoms with Gasteiger partial charge >= 0.3 is 0 Å². The monoisotopic (exact) mass is 442 g/mol. The van der Waals surface area contributed by atoms with Crippen LogP contribution in [0.15, 0.2) is 70.5 Å². The zero-order chi connectivity index (χ0) is 21.8. The first-order chi connectivity index (χ1) is 14.0. The number of phenolic OH excluding ortho intramolecular Hbond substituents is 2. The second-order valence-corrected chi connectivity index (χ2v) is 11.2. The lowest BCUT2D eigenvalue weighted by Crippen LogP contribution is -2.02. The molecule has 154 valence electrons. The number of hydrogen-bond donors (Lipinski definition) is 2. The van der Waals surface area contributed by atoms with Gasteiger partial charge in [0.1, 0.15) is 21.3 Å². The topological polar surface area (TPSA) is 109 Å². The maximum Gasteiger partial charge on any atom is 0.179 e. The van der Waals surface area contributed by atoms with Gasteiger partial charge in [-0.05, 0) is 33.7 Å². The largest absolute Gasteiger partial charge is 0.506 e. The second-order valence-electron chi connectivity index (χ2n) is 7.18. The van der Waals surface area contributed by atoms with Crippen LogP contribution in [0.4, 0.5) is 0 Å². The maximum atomic E-state index is 12.3. The fraction of sp³-hybridized carbons (Fsp3) is 0.0909. The molecule has 0 aromatic heterocycles. The summed E-state index contributed by atoms with van der Waals surface area (Å²) in [5.74, 6) is -1.08. The molecule has 4 aromatic rings. The molecule has 0 spiro atoms. The molecule has 4 aromatic carbocycles. The van der Waals surface area contributed by atoms with Crippen molar-refractivity contribution >= 4 is 41.2 Å². The summed E-state index contributed by atoms with van der Waals surface area (Å²) in [7, 11) is -7.62. The number of fused-ring (bicyclic) bond motifs is 2. The molecular formula is C22H18O6S2. The van der Waals surface area contributed by atoms with Crippen molar-refractivity contribution in [3.05, 3.63) is 60.7 Å². The minimum Gasteiger partial charge on any atom is -0.506 e. The summed E-state index contributed by atoms with van der Waals surface area (Å²) in [5, 5.41) is 24.0. The number of phenols is 2. The van der Waals surface area contributed by atoms with Crippen molar-refractivity contribution in [3.63, 3.8) is 0 Å². The highest BCUT2D eigenvalue weighted by molar-refractivity contribution is 7.91. The molecule has 0 aliphatic rings. The molecule has 0 saturated carbocycles. The summed E-state index contributed by atoms with van der Waals surface area (Å²) in [6, 6.07) is 16.3. The van der Waals surface area contributed by atoms with E-state index in [1.54, 1.807) is 48.5 Å². The third-order valence-corrected chi connectivity index (χ3v) is 7.24. The van der Waals surface area contributed by atoms with Crippen LogP contribution in [0.25, 0.3) is 32.7 Å². The van der Waals surface area contributed by atoms with Crippen LogP contribution in [0, 0.1) is 0 Å². The standard InChI is InChI=1S/C22H18O6S2/c1-29(25,26)17-11-13-7-3-5-9-15(13)19(21(17)23)20-16-10-6-4-8-14(16)12-18(22(20)24)30(2,27)28/h3-12,23-24H,1-2H3. The molecule has 0 radical (unpaired) electrons. The first-order valence-corrected chi connectivity index (χ1v) is 12.7. The average molecular weight is 443 g/mol. The summed E-state index contributed by atoms with van der Waals surface area (Å²) >= 11 is 0. The van der Waals surface area contributed by atoms with Crippen molar-refractivity contribution in [2.75, 3.05) is 12.5 Å². The van der Waals surface area contributed by atoms with Gasteiger partial charge in [0.2, 0.25) is 0 Å². The molecule has 6 nitrogen and oxygen atoms in total. The van der Waals surface area contributed by atoms with E-state index in [4.69, 9.17) is 0 Å². The molecular weight excluding hydrogens is 424 g/mol. The molecule has 30 heavy (non-hydrogen) atoms. The van der Waals surface area contributed by atoms with E-state index in [1.165, 1.54) is 12.1 Å². The van der Waals surface area contributed by atoms with Gasteiger partial charge < -0.3 is 10.2 Å². The number of sulfone groups is 2. The van der Waals surface area contributed by atoms with Crippen LogP contribution in [0.3, 0.4) is 0 Å². The van der Waals surface area contributed by atoms with Crippen molar-refractivity contribution < 1.29 is 27.0 Å². The Morgan fingerprint density at radius 2 is 0.933 bits per heavy atom. The van der Waals surface area contributed by atoms with E-state index >= 15 is 0 Å². The molecule has 0 aliphatic carbocycles. The molecule has 0 aliphatic heterocycles. The number of rotatable bonds is 3. The summed E-state index contributed by atoms with van der Waals surface area (Å²) in [4.78, 5) is -0.603. The highest BCUT2D eigenvalue weighted by atomic mass is 32.2. The number of hydrogen-bond acceptors (Lipinski definition) is 6.